The van der Waals surface area contributed by atoms with E-state index in [1.807, 2.05) is 6.07 Å². The summed E-state index contributed by atoms with van der Waals surface area (Å²) in [5.41, 5.74) is 0.216. The quantitative estimate of drug-likeness (QED) is 0.526. The number of carbonyl (C=O) groups is 2. The number of carbonyl (C=O) groups excluding carboxylic acids is 2. The van der Waals surface area contributed by atoms with Gasteiger partial charge in [-0.25, -0.2) is 13.2 Å². The van der Waals surface area contributed by atoms with Gasteiger partial charge in [0.15, 0.2) is 5.78 Å². The van der Waals surface area contributed by atoms with Gasteiger partial charge in [0.25, 0.3) is 0 Å². The molecule has 7 heteroatoms. The van der Waals surface area contributed by atoms with E-state index in [9.17, 15) is 18.0 Å². The molecule has 0 amide bonds. The Kier molecular flexibility index (Phi) is 4.38. The minimum absolute atomic E-state index is 0.0414. The number of sulfone groups is 1. The minimum atomic E-state index is -3.89. The highest BCUT2D eigenvalue weighted by atomic mass is 32.2. The zero-order chi connectivity index (χ0) is 18.0. The lowest BCUT2D eigenvalue weighted by Gasteiger charge is -2.19. The first-order chi connectivity index (χ1) is 12.0. The third kappa shape index (κ3) is 2.92. The van der Waals surface area contributed by atoms with E-state index in [1.54, 1.807) is 12.1 Å². The molecule has 1 heterocycles. The molecule has 1 aliphatic heterocycles. The molecule has 0 aliphatic carbocycles. The van der Waals surface area contributed by atoms with Crippen LogP contribution in [0.2, 0.25) is 0 Å². The summed E-state index contributed by atoms with van der Waals surface area (Å²) in [4.78, 5) is 24.3. The maximum absolute atomic E-state index is 12.8. The van der Waals surface area contributed by atoms with Gasteiger partial charge in [0.05, 0.1) is 28.0 Å². The molecule has 0 atom stereocenters. The highest BCUT2D eigenvalue weighted by Crippen LogP contribution is 2.34. The molecule has 0 aromatic heterocycles. The molecule has 0 unspecified atom stereocenters. The van der Waals surface area contributed by atoms with Crippen molar-refractivity contribution in [2.45, 2.75) is 22.6 Å². The summed E-state index contributed by atoms with van der Waals surface area (Å²) in [7, 11) is -3.89. The molecular weight excluding hydrogens is 342 g/mol. The van der Waals surface area contributed by atoms with E-state index in [2.05, 4.69) is 0 Å². The summed E-state index contributed by atoms with van der Waals surface area (Å²) >= 11 is 0. The summed E-state index contributed by atoms with van der Waals surface area (Å²) in [6, 6.07) is 11.8. The molecule has 2 aromatic carbocycles. The number of fused-ring (bicyclic) bond motifs is 2. The van der Waals surface area contributed by atoms with Crippen molar-refractivity contribution >= 4 is 21.6 Å². The number of nitrogens with zero attached hydrogens (tertiary/aromatic N) is 1. The van der Waals surface area contributed by atoms with E-state index in [0.717, 1.165) is 0 Å². The molecule has 0 radical (unpaired) electrons. The van der Waals surface area contributed by atoms with Crippen molar-refractivity contribution in [3.63, 3.8) is 0 Å². The fourth-order valence-corrected chi connectivity index (χ4v) is 4.29. The van der Waals surface area contributed by atoms with Crippen molar-refractivity contribution in [1.82, 2.24) is 0 Å². The van der Waals surface area contributed by atoms with Gasteiger partial charge in [-0.15, -0.1) is 0 Å². The van der Waals surface area contributed by atoms with Crippen molar-refractivity contribution in [2.75, 3.05) is 6.61 Å². The number of nitriles is 1. The number of hydrogen-bond acceptors (Lipinski definition) is 6. The smallest absolute Gasteiger partial charge is 0.338 e. The molecule has 25 heavy (non-hydrogen) atoms. The van der Waals surface area contributed by atoms with Crippen molar-refractivity contribution in [3.8, 4) is 6.07 Å². The van der Waals surface area contributed by atoms with Crippen LogP contribution in [0.5, 0.6) is 0 Å². The molecule has 3 rings (SSSR count). The summed E-state index contributed by atoms with van der Waals surface area (Å²) in [5, 5.41) is 8.45. The number of benzene rings is 2. The van der Waals surface area contributed by atoms with Crippen LogP contribution >= 0.6 is 0 Å². The fraction of sp³-hybridized carbons (Fsp3) is 0.167. The average molecular weight is 355 g/mol. The molecule has 0 spiro atoms. The van der Waals surface area contributed by atoms with E-state index in [1.165, 1.54) is 30.3 Å². The van der Waals surface area contributed by atoms with Crippen molar-refractivity contribution in [2.24, 2.45) is 0 Å². The summed E-state index contributed by atoms with van der Waals surface area (Å²) < 4.78 is 30.6. The Bertz CT molecular complexity index is 1020. The van der Waals surface area contributed by atoms with E-state index >= 15 is 0 Å². The normalized spacial score (nSPS) is 14.1. The van der Waals surface area contributed by atoms with Crippen LogP contribution in [0.15, 0.2) is 52.3 Å². The topological polar surface area (TPSA) is 101 Å². The number of rotatable bonds is 4. The summed E-state index contributed by atoms with van der Waals surface area (Å²) in [6.45, 7) is 0.0675. The first-order valence-corrected chi connectivity index (χ1v) is 9.02. The lowest BCUT2D eigenvalue weighted by molar-refractivity contribution is 0.0501. The standard InChI is InChI=1S/C18H13NO5S/c19-9-3-4-10-24-18(21)12-7-8-14-16(11-12)25(22,23)15-6-2-1-5-13(15)17(14)20/h1-2,5-8,11H,3-4,10H2. The highest BCUT2D eigenvalue weighted by molar-refractivity contribution is 7.91. The number of hydrogen-bond donors (Lipinski definition) is 0. The van der Waals surface area contributed by atoms with E-state index in [-0.39, 0.29) is 39.5 Å². The van der Waals surface area contributed by atoms with Crippen LogP contribution in [-0.2, 0) is 14.6 Å². The third-order valence-corrected chi connectivity index (χ3v) is 5.69. The lowest BCUT2D eigenvalue weighted by Crippen LogP contribution is -2.21. The molecule has 6 nitrogen and oxygen atoms in total. The first-order valence-electron chi connectivity index (χ1n) is 7.54. The number of ether oxygens (including phenoxy) is 1. The minimum Gasteiger partial charge on any atom is -0.462 e. The van der Waals surface area contributed by atoms with Crippen LogP contribution in [0.1, 0.15) is 39.1 Å². The van der Waals surface area contributed by atoms with Gasteiger partial charge in [-0.05, 0) is 36.8 Å². The van der Waals surface area contributed by atoms with Crippen LogP contribution < -0.4 is 0 Å². The van der Waals surface area contributed by atoms with Crippen LogP contribution in [-0.4, -0.2) is 26.8 Å². The monoisotopic (exact) mass is 355 g/mol. The largest absolute Gasteiger partial charge is 0.462 e. The maximum Gasteiger partial charge on any atom is 0.338 e. The predicted octanol–water partition coefficient (Wildman–Crippen LogP) is 2.52. The van der Waals surface area contributed by atoms with Crippen molar-refractivity contribution < 1.29 is 22.7 Å². The molecule has 0 saturated heterocycles. The van der Waals surface area contributed by atoms with Crippen molar-refractivity contribution in [3.05, 3.63) is 59.2 Å². The fourth-order valence-electron chi connectivity index (χ4n) is 2.61. The Morgan fingerprint density at radius 1 is 1.08 bits per heavy atom. The molecule has 0 bridgehead atoms. The lowest BCUT2D eigenvalue weighted by atomic mass is 10.0. The second kappa shape index (κ2) is 6.49. The van der Waals surface area contributed by atoms with Gasteiger partial charge in [0.1, 0.15) is 0 Å². The maximum atomic E-state index is 12.8. The Morgan fingerprint density at radius 3 is 2.56 bits per heavy atom. The SMILES string of the molecule is N#CCCCOC(=O)c1ccc2c(c1)S(=O)(=O)c1ccccc1C2=O. The van der Waals surface area contributed by atoms with Gasteiger partial charge in [-0.3, -0.25) is 4.79 Å². The van der Waals surface area contributed by atoms with Crippen LogP contribution in [0, 0.1) is 11.3 Å². The molecule has 0 fully saturated rings. The summed E-state index contributed by atoms with van der Waals surface area (Å²) in [5.74, 6) is -1.09. The second-order valence-corrected chi connectivity index (χ2v) is 7.32. The van der Waals surface area contributed by atoms with Gasteiger partial charge >= 0.3 is 5.97 Å². The van der Waals surface area contributed by atoms with Crippen LogP contribution in [0.25, 0.3) is 0 Å². The summed E-state index contributed by atoms with van der Waals surface area (Å²) in [6.07, 6.45) is 0.661. The average Bonchev–Trinajstić information content (AvgIpc) is 2.63. The van der Waals surface area contributed by atoms with Crippen molar-refractivity contribution in [1.29, 1.82) is 5.26 Å². The Morgan fingerprint density at radius 2 is 1.80 bits per heavy atom. The zero-order valence-electron chi connectivity index (χ0n) is 13.1. The zero-order valence-corrected chi connectivity index (χ0v) is 13.9. The second-order valence-electron chi connectivity index (χ2n) is 5.44. The highest BCUT2D eigenvalue weighted by Gasteiger charge is 2.35. The number of esters is 1. The molecular formula is C18H13NO5S. The number of unbranched alkanes of at least 4 members (excludes halogenated alkanes) is 1. The Labute approximate surface area is 144 Å². The molecule has 0 N–H and O–H groups in total. The van der Waals surface area contributed by atoms with E-state index in [0.29, 0.717) is 6.42 Å². The van der Waals surface area contributed by atoms with Crippen LogP contribution in [0.3, 0.4) is 0 Å². The molecule has 1 aliphatic rings. The van der Waals surface area contributed by atoms with E-state index in [4.69, 9.17) is 10.00 Å². The van der Waals surface area contributed by atoms with Gasteiger partial charge in [-0.1, -0.05) is 12.1 Å². The van der Waals surface area contributed by atoms with Gasteiger partial charge < -0.3 is 4.74 Å². The molecule has 0 saturated carbocycles. The first kappa shape index (κ1) is 16.9. The van der Waals surface area contributed by atoms with Gasteiger partial charge in [-0.2, -0.15) is 5.26 Å². The number of ketones is 1. The van der Waals surface area contributed by atoms with E-state index < -0.39 is 21.6 Å². The van der Waals surface area contributed by atoms with Gasteiger partial charge in [0.2, 0.25) is 9.84 Å². The Hall–Kier alpha value is -2.98. The van der Waals surface area contributed by atoms with Gasteiger partial charge in [0, 0.05) is 17.5 Å². The van der Waals surface area contributed by atoms with Crippen LogP contribution in [0.4, 0.5) is 0 Å². The predicted molar refractivity (Wildman–Crippen MR) is 86.9 cm³/mol. The Balaban J connectivity index is 1.98. The molecule has 2 aromatic rings. The third-order valence-electron chi connectivity index (χ3n) is 3.84. The molecule has 126 valence electrons.